The van der Waals surface area contributed by atoms with E-state index in [9.17, 15) is 9.90 Å². The lowest BCUT2D eigenvalue weighted by atomic mass is 9.82. The Morgan fingerprint density at radius 3 is 2.71 bits per heavy atom. The third-order valence-electron chi connectivity index (χ3n) is 4.59. The third kappa shape index (κ3) is 2.77. The maximum Gasteiger partial charge on any atom is 0.306 e. The van der Waals surface area contributed by atoms with Crippen molar-refractivity contribution in [2.24, 2.45) is 22.9 Å². The largest absolute Gasteiger partial charge is 0.481 e. The summed E-state index contributed by atoms with van der Waals surface area (Å²) in [6.07, 6.45) is 1.99. The molecule has 1 aliphatic carbocycles. The predicted octanol–water partition coefficient (Wildman–Crippen LogP) is 3.58. The van der Waals surface area contributed by atoms with Gasteiger partial charge in [0, 0.05) is 17.4 Å². The summed E-state index contributed by atoms with van der Waals surface area (Å²) < 4.78 is 0. The molecule has 0 aromatic heterocycles. The molecule has 0 bridgehead atoms. The van der Waals surface area contributed by atoms with Crippen molar-refractivity contribution in [3.05, 3.63) is 34.9 Å². The topological polar surface area (TPSA) is 58.9 Å². The second-order valence-electron chi connectivity index (χ2n) is 5.98. The fraction of sp³-hybridized carbons (Fsp3) is 0.500. The number of oxime groups is 1. The fourth-order valence-corrected chi connectivity index (χ4v) is 3.51. The van der Waals surface area contributed by atoms with E-state index in [4.69, 9.17) is 16.4 Å². The number of rotatable bonds is 2. The minimum atomic E-state index is -0.730. The number of nitrogens with zero attached hydrogens (tertiary/aromatic N) is 1. The van der Waals surface area contributed by atoms with Crippen LogP contribution >= 0.6 is 11.6 Å². The maximum atomic E-state index is 11.3. The van der Waals surface area contributed by atoms with E-state index in [0.717, 1.165) is 17.7 Å². The van der Waals surface area contributed by atoms with E-state index in [1.54, 1.807) is 0 Å². The van der Waals surface area contributed by atoms with Crippen molar-refractivity contribution in [3.63, 3.8) is 0 Å². The highest BCUT2D eigenvalue weighted by molar-refractivity contribution is 6.30. The summed E-state index contributed by atoms with van der Waals surface area (Å²) in [5.41, 5.74) is 1.93. The van der Waals surface area contributed by atoms with Crippen molar-refractivity contribution in [1.29, 1.82) is 0 Å². The number of benzene rings is 1. The zero-order valence-electron chi connectivity index (χ0n) is 11.8. The lowest BCUT2D eigenvalue weighted by Gasteiger charge is -2.21. The maximum absolute atomic E-state index is 11.3. The fourth-order valence-electron chi connectivity index (χ4n) is 3.38. The smallest absolute Gasteiger partial charge is 0.306 e. The van der Waals surface area contributed by atoms with Gasteiger partial charge < -0.3 is 9.94 Å². The zero-order valence-corrected chi connectivity index (χ0v) is 12.6. The quantitative estimate of drug-likeness (QED) is 0.908. The summed E-state index contributed by atoms with van der Waals surface area (Å²) in [5, 5.41) is 14.2. The molecule has 5 heteroatoms. The van der Waals surface area contributed by atoms with Crippen LogP contribution in [0.3, 0.4) is 0 Å². The minimum Gasteiger partial charge on any atom is -0.481 e. The van der Waals surface area contributed by atoms with Crippen molar-refractivity contribution in [3.8, 4) is 0 Å². The van der Waals surface area contributed by atoms with Gasteiger partial charge in [0.25, 0.3) is 0 Å². The first-order valence-electron chi connectivity index (χ1n) is 7.28. The molecule has 0 saturated heterocycles. The molecule has 0 radical (unpaired) electrons. The van der Waals surface area contributed by atoms with E-state index in [2.05, 4.69) is 12.1 Å². The van der Waals surface area contributed by atoms with Gasteiger partial charge in [-0.1, -0.05) is 35.8 Å². The molecule has 1 aliphatic heterocycles. The lowest BCUT2D eigenvalue weighted by Crippen LogP contribution is -2.29. The Hall–Kier alpha value is -1.55. The summed E-state index contributed by atoms with van der Waals surface area (Å²) >= 11 is 5.93. The van der Waals surface area contributed by atoms with Gasteiger partial charge in [-0.25, -0.2) is 0 Å². The van der Waals surface area contributed by atoms with Gasteiger partial charge in [0.15, 0.2) is 0 Å². The highest BCUT2D eigenvalue weighted by Gasteiger charge is 2.43. The number of aliphatic carboxylic acids is 1. The van der Waals surface area contributed by atoms with Crippen LogP contribution in [0.5, 0.6) is 0 Å². The molecule has 4 atom stereocenters. The molecule has 112 valence electrons. The molecular formula is C16H18ClNO3. The van der Waals surface area contributed by atoms with Gasteiger partial charge in [-0.15, -0.1) is 0 Å². The van der Waals surface area contributed by atoms with Gasteiger partial charge in [-0.2, -0.15) is 0 Å². The van der Waals surface area contributed by atoms with Crippen LogP contribution in [0.25, 0.3) is 0 Å². The number of halogens is 1. The van der Waals surface area contributed by atoms with Crippen molar-refractivity contribution in [2.45, 2.75) is 32.3 Å². The van der Waals surface area contributed by atoms with Crippen LogP contribution < -0.4 is 0 Å². The van der Waals surface area contributed by atoms with Crippen molar-refractivity contribution >= 4 is 23.3 Å². The average molecular weight is 308 g/mol. The summed E-state index contributed by atoms with van der Waals surface area (Å²) in [6, 6.07) is 7.57. The normalized spacial score (nSPS) is 31.8. The standard InChI is InChI=1S/C16H18ClNO3/c1-9-2-3-11(16(19)20)8-13-14(9)15(18-21-13)10-4-6-12(17)7-5-10/h4-7,9,11,13-14H,2-3,8H2,1H3,(H,19,20)/t9?,11?,13-,14+/m1/s1. The van der Waals surface area contributed by atoms with Crippen LogP contribution in [0.2, 0.25) is 5.02 Å². The van der Waals surface area contributed by atoms with Crippen molar-refractivity contribution in [1.82, 2.24) is 0 Å². The second kappa shape index (κ2) is 5.68. The molecule has 0 amide bonds. The molecule has 3 rings (SSSR count). The monoisotopic (exact) mass is 307 g/mol. The van der Waals surface area contributed by atoms with Crippen LogP contribution in [0, 0.1) is 17.8 Å². The molecule has 2 aliphatic rings. The first-order chi connectivity index (χ1) is 10.1. The highest BCUT2D eigenvalue weighted by Crippen LogP contribution is 2.39. The Kier molecular flexibility index (Phi) is 3.89. The number of carboxylic acid groups (broad SMARTS) is 1. The Bertz CT molecular complexity index is 569. The van der Waals surface area contributed by atoms with E-state index in [0.29, 0.717) is 23.8 Å². The van der Waals surface area contributed by atoms with Gasteiger partial charge in [0.1, 0.15) is 6.10 Å². The van der Waals surface area contributed by atoms with Crippen LogP contribution in [0.4, 0.5) is 0 Å². The molecule has 1 saturated carbocycles. The molecule has 4 nitrogen and oxygen atoms in total. The minimum absolute atomic E-state index is 0.130. The van der Waals surface area contributed by atoms with E-state index in [-0.39, 0.29) is 17.9 Å². The molecule has 21 heavy (non-hydrogen) atoms. The van der Waals surface area contributed by atoms with Crippen LogP contribution in [0.15, 0.2) is 29.4 Å². The van der Waals surface area contributed by atoms with Crippen molar-refractivity contribution in [2.75, 3.05) is 0 Å². The molecular weight excluding hydrogens is 290 g/mol. The summed E-state index contributed by atoms with van der Waals surface area (Å²) in [7, 11) is 0. The Balaban J connectivity index is 1.86. The molecule has 1 aromatic rings. The number of carboxylic acids is 1. The van der Waals surface area contributed by atoms with Gasteiger partial charge in [0.2, 0.25) is 0 Å². The second-order valence-corrected chi connectivity index (χ2v) is 6.41. The number of hydrogen-bond donors (Lipinski definition) is 1. The molecule has 2 unspecified atom stereocenters. The number of fused-ring (bicyclic) bond motifs is 1. The Labute approximate surface area is 128 Å². The molecule has 1 N–H and O–H groups in total. The van der Waals surface area contributed by atoms with E-state index >= 15 is 0 Å². The summed E-state index contributed by atoms with van der Waals surface area (Å²) in [4.78, 5) is 16.9. The first kappa shape index (κ1) is 14.4. The van der Waals surface area contributed by atoms with Crippen LogP contribution in [0.1, 0.15) is 31.7 Å². The average Bonchev–Trinajstić information content (AvgIpc) is 2.79. The van der Waals surface area contributed by atoms with E-state index < -0.39 is 5.97 Å². The lowest BCUT2D eigenvalue weighted by molar-refractivity contribution is -0.143. The molecule has 1 aromatic carbocycles. The molecule has 1 fully saturated rings. The molecule has 0 spiro atoms. The predicted molar refractivity (Wildman–Crippen MR) is 80.5 cm³/mol. The SMILES string of the molecule is CC1CCC(C(=O)O)C[C@H]2ON=C(c3ccc(Cl)cc3)[C@@H]12. The highest BCUT2D eigenvalue weighted by atomic mass is 35.5. The van der Waals surface area contributed by atoms with E-state index in [1.807, 2.05) is 24.3 Å². The number of hydrogen-bond acceptors (Lipinski definition) is 3. The third-order valence-corrected chi connectivity index (χ3v) is 4.84. The van der Waals surface area contributed by atoms with Gasteiger partial charge >= 0.3 is 5.97 Å². The number of carbonyl (C=O) groups is 1. The van der Waals surface area contributed by atoms with Crippen LogP contribution in [-0.2, 0) is 9.63 Å². The van der Waals surface area contributed by atoms with E-state index in [1.165, 1.54) is 0 Å². The summed E-state index contributed by atoms with van der Waals surface area (Å²) in [6.45, 7) is 2.15. The van der Waals surface area contributed by atoms with Gasteiger partial charge in [-0.05, 0) is 36.5 Å². The van der Waals surface area contributed by atoms with Crippen molar-refractivity contribution < 1.29 is 14.7 Å². The Morgan fingerprint density at radius 2 is 2.05 bits per heavy atom. The van der Waals surface area contributed by atoms with Gasteiger partial charge in [-0.3, -0.25) is 4.79 Å². The summed E-state index contributed by atoms with van der Waals surface area (Å²) in [5.74, 6) is -0.541. The molecule has 1 heterocycles. The van der Waals surface area contributed by atoms with Crippen LogP contribution in [-0.4, -0.2) is 22.9 Å². The van der Waals surface area contributed by atoms with Gasteiger partial charge in [0.05, 0.1) is 11.6 Å². The zero-order chi connectivity index (χ0) is 15.0. The Morgan fingerprint density at radius 1 is 1.33 bits per heavy atom. The first-order valence-corrected chi connectivity index (χ1v) is 7.66.